The van der Waals surface area contributed by atoms with E-state index < -0.39 is 5.97 Å². The molecule has 0 atom stereocenters. The highest BCUT2D eigenvalue weighted by Crippen LogP contribution is 2.26. The number of carbonyl (C=O) groups is 1. The topological polar surface area (TPSA) is 128 Å². The predicted molar refractivity (Wildman–Crippen MR) is 86.1 cm³/mol. The molecule has 3 rings (SSSR count). The first kappa shape index (κ1) is 14.8. The smallest absolute Gasteiger partial charge is 0.335 e. The highest BCUT2D eigenvalue weighted by Gasteiger charge is 2.12. The first-order valence-electron chi connectivity index (χ1n) is 7.16. The number of rotatable bonds is 5. The summed E-state index contributed by atoms with van der Waals surface area (Å²) in [6.07, 6.45) is 4.07. The van der Waals surface area contributed by atoms with Crippen LogP contribution >= 0.6 is 0 Å². The molecule has 7 nitrogen and oxygen atoms in total. The Balaban J connectivity index is 1.68. The van der Waals surface area contributed by atoms with Gasteiger partial charge >= 0.3 is 5.97 Å². The van der Waals surface area contributed by atoms with E-state index in [9.17, 15) is 4.79 Å². The van der Waals surface area contributed by atoms with Gasteiger partial charge in [0.05, 0.1) is 17.2 Å². The van der Waals surface area contributed by atoms with Gasteiger partial charge in [-0.15, -0.1) is 0 Å². The second kappa shape index (κ2) is 5.96. The molecule has 0 radical (unpaired) electrons. The third-order valence-electron chi connectivity index (χ3n) is 3.67. The maximum absolute atomic E-state index is 10.8. The molecule has 0 saturated heterocycles. The fourth-order valence-electron chi connectivity index (χ4n) is 2.53. The number of nitrogens with zero attached hydrogens (tertiary/aromatic N) is 2. The van der Waals surface area contributed by atoms with Gasteiger partial charge in [-0.1, -0.05) is 12.1 Å². The molecule has 0 unspecified atom stereocenters. The van der Waals surface area contributed by atoms with Gasteiger partial charge in [0.1, 0.15) is 5.82 Å². The molecule has 0 aliphatic carbocycles. The number of hydrogen-bond acceptors (Lipinski definition) is 6. The number of furan rings is 1. The molecule has 0 saturated carbocycles. The fourth-order valence-corrected chi connectivity index (χ4v) is 2.53. The van der Waals surface area contributed by atoms with Gasteiger partial charge in [-0.2, -0.15) is 9.97 Å². The van der Waals surface area contributed by atoms with Crippen LogP contribution in [0.3, 0.4) is 0 Å². The van der Waals surface area contributed by atoms with Crippen molar-refractivity contribution < 1.29 is 14.3 Å². The second-order valence-electron chi connectivity index (χ2n) is 5.26. The molecule has 2 aromatic heterocycles. The van der Waals surface area contributed by atoms with E-state index in [1.54, 1.807) is 18.4 Å². The van der Waals surface area contributed by atoms with Crippen molar-refractivity contribution in [2.75, 3.05) is 11.5 Å². The van der Waals surface area contributed by atoms with Crippen molar-refractivity contribution in [3.05, 3.63) is 47.2 Å². The van der Waals surface area contributed by atoms with Crippen LogP contribution in [-0.4, -0.2) is 21.0 Å². The number of hydrogen-bond donors (Lipinski definition) is 3. The maximum atomic E-state index is 10.8. The molecule has 7 heteroatoms. The average molecular weight is 312 g/mol. The Morgan fingerprint density at radius 1 is 1.13 bits per heavy atom. The summed E-state index contributed by atoms with van der Waals surface area (Å²) in [4.78, 5) is 18.8. The number of aryl methyl sites for hydroxylation is 2. The molecule has 2 heterocycles. The second-order valence-corrected chi connectivity index (χ2v) is 5.26. The molecule has 1 aromatic carbocycles. The predicted octanol–water partition coefficient (Wildman–Crippen LogP) is 2.26. The van der Waals surface area contributed by atoms with Crippen LogP contribution in [0.15, 0.2) is 34.9 Å². The molecule has 0 fully saturated rings. The molecule has 118 valence electrons. The summed E-state index contributed by atoms with van der Waals surface area (Å²) in [6.45, 7) is 0. The Hall–Kier alpha value is -3.09. The van der Waals surface area contributed by atoms with Gasteiger partial charge in [0.15, 0.2) is 0 Å². The largest absolute Gasteiger partial charge is 0.478 e. The molecule has 5 N–H and O–H groups in total. The van der Waals surface area contributed by atoms with Crippen molar-refractivity contribution >= 4 is 28.8 Å². The first-order valence-corrected chi connectivity index (χ1v) is 7.16. The Bertz CT molecular complexity index is 856. The lowest BCUT2D eigenvalue weighted by Gasteiger charge is -2.03. The minimum atomic E-state index is -0.920. The molecule has 0 bridgehead atoms. The van der Waals surface area contributed by atoms with Crippen molar-refractivity contribution in [1.82, 2.24) is 9.97 Å². The number of benzene rings is 1. The Kier molecular flexibility index (Phi) is 3.84. The lowest BCUT2D eigenvalue weighted by atomic mass is 10.0. The number of aromatic nitrogens is 2. The van der Waals surface area contributed by atoms with Gasteiger partial charge in [-0.3, -0.25) is 0 Å². The van der Waals surface area contributed by atoms with Crippen LogP contribution in [0.2, 0.25) is 0 Å². The minimum absolute atomic E-state index is 0.0921. The number of carboxylic acid groups (broad SMARTS) is 1. The monoisotopic (exact) mass is 312 g/mol. The molecule has 0 spiro atoms. The maximum Gasteiger partial charge on any atom is 0.335 e. The zero-order valence-electron chi connectivity index (χ0n) is 12.3. The summed E-state index contributed by atoms with van der Waals surface area (Å²) in [5.74, 6) is -0.507. The Labute approximate surface area is 131 Å². The zero-order valence-corrected chi connectivity index (χ0v) is 12.3. The fraction of sp³-hybridized carbons (Fsp3) is 0.188. The number of fused-ring (bicyclic) bond motifs is 1. The quantitative estimate of drug-likeness (QED) is 0.659. The summed E-state index contributed by atoms with van der Waals surface area (Å²) in [5.41, 5.74) is 14.1. The minimum Gasteiger partial charge on any atom is -0.478 e. The van der Waals surface area contributed by atoms with Gasteiger partial charge in [-0.25, -0.2) is 4.79 Å². The van der Waals surface area contributed by atoms with Crippen molar-refractivity contribution in [3.63, 3.8) is 0 Å². The van der Waals surface area contributed by atoms with Crippen molar-refractivity contribution in [2.24, 2.45) is 0 Å². The SMILES string of the molecule is Nc1nc(N)c2c(CCCc3ccc(C(=O)O)cc3)coc2n1. The van der Waals surface area contributed by atoms with Gasteiger partial charge in [0.25, 0.3) is 0 Å². The van der Waals surface area contributed by atoms with Crippen LogP contribution in [0.1, 0.15) is 27.9 Å². The number of nitrogens with two attached hydrogens (primary N) is 2. The standard InChI is InChI=1S/C16H16N4O3/c17-13-12-11(8-23-14(12)20-16(18)19-13)3-1-2-9-4-6-10(7-5-9)15(21)22/h4-8H,1-3H2,(H,21,22)(H4,17,18,19,20). The van der Waals surface area contributed by atoms with Crippen LogP contribution < -0.4 is 11.5 Å². The number of nitrogen functional groups attached to an aromatic ring is 2. The van der Waals surface area contributed by atoms with Gasteiger partial charge in [0, 0.05) is 5.56 Å². The average Bonchev–Trinajstić information content (AvgIpc) is 2.91. The van der Waals surface area contributed by atoms with E-state index in [0.717, 1.165) is 30.4 Å². The van der Waals surface area contributed by atoms with E-state index in [4.69, 9.17) is 21.0 Å². The summed E-state index contributed by atoms with van der Waals surface area (Å²) in [5, 5.41) is 9.59. The third-order valence-corrected chi connectivity index (χ3v) is 3.67. The van der Waals surface area contributed by atoms with Crippen LogP contribution in [0.4, 0.5) is 11.8 Å². The molecule has 0 aliphatic heterocycles. The molecule has 3 aromatic rings. The van der Waals surface area contributed by atoms with E-state index in [0.29, 0.717) is 16.9 Å². The van der Waals surface area contributed by atoms with Crippen LogP contribution in [0.5, 0.6) is 0 Å². The third kappa shape index (κ3) is 3.08. The molecule has 23 heavy (non-hydrogen) atoms. The first-order chi connectivity index (χ1) is 11.0. The number of anilines is 2. The Morgan fingerprint density at radius 2 is 1.87 bits per heavy atom. The van der Waals surface area contributed by atoms with E-state index in [1.807, 2.05) is 12.1 Å². The van der Waals surface area contributed by atoms with Crippen molar-refractivity contribution in [1.29, 1.82) is 0 Å². The van der Waals surface area contributed by atoms with Crippen LogP contribution in [0, 0.1) is 0 Å². The molecule has 0 aliphatic rings. The van der Waals surface area contributed by atoms with E-state index in [1.165, 1.54) is 0 Å². The van der Waals surface area contributed by atoms with Gasteiger partial charge in [-0.05, 0) is 37.0 Å². The van der Waals surface area contributed by atoms with Gasteiger partial charge in [0.2, 0.25) is 11.7 Å². The van der Waals surface area contributed by atoms with Crippen LogP contribution in [0.25, 0.3) is 11.1 Å². The zero-order chi connectivity index (χ0) is 16.4. The molecular weight excluding hydrogens is 296 g/mol. The highest BCUT2D eigenvalue weighted by atomic mass is 16.4. The summed E-state index contributed by atoms with van der Waals surface area (Å²) >= 11 is 0. The number of carboxylic acids is 1. The van der Waals surface area contributed by atoms with Crippen molar-refractivity contribution in [2.45, 2.75) is 19.3 Å². The number of aromatic carboxylic acids is 1. The normalized spacial score (nSPS) is 11.0. The van der Waals surface area contributed by atoms with Crippen molar-refractivity contribution in [3.8, 4) is 0 Å². The molecule has 0 amide bonds. The van der Waals surface area contributed by atoms with E-state index in [-0.39, 0.29) is 11.5 Å². The molecular formula is C16H16N4O3. The lowest BCUT2D eigenvalue weighted by molar-refractivity contribution is 0.0697. The summed E-state index contributed by atoms with van der Waals surface area (Å²) in [7, 11) is 0. The van der Waals surface area contributed by atoms with Gasteiger partial charge < -0.3 is 21.0 Å². The lowest BCUT2D eigenvalue weighted by Crippen LogP contribution is -2.00. The summed E-state index contributed by atoms with van der Waals surface area (Å²) < 4.78 is 5.38. The summed E-state index contributed by atoms with van der Waals surface area (Å²) in [6, 6.07) is 6.88. The Morgan fingerprint density at radius 3 is 2.57 bits per heavy atom. The van der Waals surface area contributed by atoms with Crippen LogP contribution in [-0.2, 0) is 12.8 Å². The highest BCUT2D eigenvalue weighted by molar-refractivity contribution is 5.88. The van der Waals surface area contributed by atoms with E-state index in [2.05, 4.69) is 9.97 Å². The van der Waals surface area contributed by atoms with E-state index >= 15 is 0 Å².